The normalized spacial score (nSPS) is 11.3. The van der Waals surface area contributed by atoms with E-state index in [1.807, 2.05) is 31.2 Å². The maximum absolute atomic E-state index is 12.1. The van der Waals surface area contributed by atoms with Crippen LogP contribution >= 0.6 is 24.2 Å². The first-order valence-corrected chi connectivity index (χ1v) is 11.5. The molecule has 0 heterocycles. The van der Waals surface area contributed by atoms with Gasteiger partial charge in [0.25, 0.3) is 0 Å². The first-order chi connectivity index (χ1) is 15.4. The van der Waals surface area contributed by atoms with Crippen LogP contribution in [0.2, 0.25) is 5.02 Å². The van der Waals surface area contributed by atoms with E-state index in [4.69, 9.17) is 17.3 Å². The summed E-state index contributed by atoms with van der Waals surface area (Å²) in [6.45, 7) is 2.54. The third-order valence-electron chi connectivity index (χ3n) is 4.84. The smallest absolute Gasteiger partial charge is 0.237 e. The molecule has 3 nitrogen and oxygen atoms in total. The Labute approximate surface area is 200 Å². The van der Waals surface area contributed by atoms with Gasteiger partial charge in [0, 0.05) is 16.5 Å². The Balaban J connectivity index is 0.000000380. The SMILES string of the molecule is CCCC(N)C(=O)NCc1cccc(CCc2ccc(Cl)cc2)c1.Fc1ccc(S)cc1. The lowest BCUT2D eigenvalue weighted by Gasteiger charge is -2.12. The van der Waals surface area contributed by atoms with Crippen LogP contribution in [-0.4, -0.2) is 11.9 Å². The predicted molar refractivity (Wildman–Crippen MR) is 134 cm³/mol. The van der Waals surface area contributed by atoms with Gasteiger partial charge in [0.05, 0.1) is 6.04 Å². The summed E-state index contributed by atoms with van der Waals surface area (Å²) in [6, 6.07) is 21.8. The van der Waals surface area contributed by atoms with Crippen molar-refractivity contribution in [3.8, 4) is 0 Å². The van der Waals surface area contributed by atoms with Crippen LogP contribution in [0.25, 0.3) is 0 Å². The first-order valence-electron chi connectivity index (χ1n) is 10.7. The fourth-order valence-corrected chi connectivity index (χ4v) is 3.31. The van der Waals surface area contributed by atoms with Crippen LogP contribution in [0.15, 0.2) is 77.7 Å². The lowest BCUT2D eigenvalue weighted by Crippen LogP contribution is -2.40. The van der Waals surface area contributed by atoms with Gasteiger partial charge in [0.2, 0.25) is 5.91 Å². The molecule has 0 saturated carbocycles. The molecule has 0 aromatic heterocycles. The number of nitrogens with one attached hydrogen (secondary N) is 1. The zero-order valence-electron chi connectivity index (χ0n) is 18.2. The zero-order valence-corrected chi connectivity index (χ0v) is 19.9. The predicted octanol–water partition coefficient (Wildman–Crippen LogP) is 5.98. The second kappa shape index (κ2) is 13.9. The number of benzene rings is 3. The largest absolute Gasteiger partial charge is 0.351 e. The number of amides is 1. The highest BCUT2D eigenvalue weighted by Gasteiger charge is 2.11. The Kier molecular flexibility index (Phi) is 11.3. The quantitative estimate of drug-likeness (QED) is 0.353. The Hall–Kier alpha value is -2.34. The van der Waals surface area contributed by atoms with Crippen LogP contribution in [0, 0.1) is 5.82 Å². The molecule has 0 spiro atoms. The third kappa shape index (κ3) is 9.86. The Bertz CT molecular complexity index is 943. The van der Waals surface area contributed by atoms with E-state index in [0.717, 1.165) is 34.7 Å². The second-order valence-corrected chi connectivity index (χ2v) is 8.49. The standard InChI is InChI=1S/C20H25ClN2O.C6H5FS/c1-2-4-19(22)20(24)23-14-17-6-3-5-16(13-17)8-7-15-9-11-18(21)12-10-15;7-5-1-3-6(8)4-2-5/h3,5-6,9-13,19H,2,4,7-8,14,22H2,1H3,(H,23,24);1-4,8H. The van der Waals surface area contributed by atoms with Gasteiger partial charge in [-0.15, -0.1) is 12.6 Å². The number of hydrogen-bond donors (Lipinski definition) is 3. The average molecular weight is 473 g/mol. The van der Waals surface area contributed by atoms with Crippen LogP contribution in [0.4, 0.5) is 4.39 Å². The summed E-state index contributed by atoms with van der Waals surface area (Å²) in [5.41, 5.74) is 9.45. The first kappa shape index (κ1) is 25.9. The molecule has 0 radical (unpaired) electrons. The molecule has 0 saturated heterocycles. The number of carbonyl (C=O) groups is 1. The number of halogens is 2. The van der Waals surface area contributed by atoms with E-state index in [2.05, 4.69) is 42.2 Å². The van der Waals surface area contributed by atoms with Crippen molar-refractivity contribution < 1.29 is 9.18 Å². The van der Waals surface area contributed by atoms with Crippen molar-refractivity contribution in [1.29, 1.82) is 0 Å². The van der Waals surface area contributed by atoms with Crippen molar-refractivity contribution in [3.63, 3.8) is 0 Å². The summed E-state index contributed by atoms with van der Waals surface area (Å²) in [7, 11) is 0. The molecule has 170 valence electrons. The van der Waals surface area contributed by atoms with Gasteiger partial charge >= 0.3 is 0 Å². The van der Waals surface area contributed by atoms with E-state index >= 15 is 0 Å². The number of rotatable bonds is 8. The van der Waals surface area contributed by atoms with Gasteiger partial charge < -0.3 is 11.1 Å². The molecule has 0 bridgehead atoms. The molecule has 3 rings (SSSR count). The second-order valence-electron chi connectivity index (χ2n) is 7.54. The van der Waals surface area contributed by atoms with Gasteiger partial charge in [0.15, 0.2) is 0 Å². The van der Waals surface area contributed by atoms with Crippen molar-refractivity contribution in [1.82, 2.24) is 5.32 Å². The number of hydrogen-bond acceptors (Lipinski definition) is 3. The van der Waals surface area contributed by atoms with Crippen molar-refractivity contribution in [2.45, 2.75) is 50.1 Å². The van der Waals surface area contributed by atoms with Crippen LogP contribution in [0.1, 0.15) is 36.5 Å². The molecule has 32 heavy (non-hydrogen) atoms. The summed E-state index contributed by atoms with van der Waals surface area (Å²) in [6.07, 6.45) is 3.55. The minimum absolute atomic E-state index is 0.0802. The van der Waals surface area contributed by atoms with Crippen LogP contribution in [0.3, 0.4) is 0 Å². The topological polar surface area (TPSA) is 55.1 Å². The Morgan fingerprint density at radius 3 is 2.25 bits per heavy atom. The molecular formula is C26H30ClFN2OS. The number of carbonyl (C=O) groups excluding carboxylic acids is 1. The molecule has 0 aliphatic rings. The molecular weight excluding hydrogens is 443 g/mol. The lowest BCUT2D eigenvalue weighted by molar-refractivity contribution is -0.122. The maximum atomic E-state index is 12.1. The van der Waals surface area contributed by atoms with Crippen molar-refractivity contribution in [2.75, 3.05) is 0 Å². The molecule has 0 aliphatic carbocycles. The minimum Gasteiger partial charge on any atom is -0.351 e. The highest BCUT2D eigenvalue weighted by atomic mass is 35.5. The van der Waals surface area contributed by atoms with Gasteiger partial charge in [-0.3, -0.25) is 4.79 Å². The highest BCUT2D eigenvalue weighted by molar-refractivity contribution is 7.80. The molecule has 0 fully saturated rings. The van der Waals surface area contributed by atoms with Gasteiger partial charge in [-0.25, -0.2) is 4.39 Å². The summed E-state index contributed by atoms with van der Waals surface area (Å²) in [5.74, 6) is -0.300. The lowest BCUT2D eigenvalue weighted by atomic mass is 10.0. The zero-order chi connectivity index (χ0) is 23.3. The van der Waals surface area contributed by atoms with Crippen molar-refractivity contribution in [2.24, 2.45) is 5.73 Å². The van der Waals surface area contributed by atoms with E-state index in [9.17, 15) is 9.18 Å². The Morgan fingerprint density at radius 1 is 1.00 bits per heavy atom. The monoisotopic (exact) mass is 472 g/mol. The number of nitrogens with two attached hydrogens (primary N) is 1. The highest BCUT2D eigenvalue weighted by Crippen LogP contribution is 2.13. The number of aryl methyl sites for hydroxylation is 2. The molecule has 0 aliphatic heterocycles. The maximum Gasteiger partial charge on any atom is 0.237 e. The summed E-state index contributed by atoms with van der Waals surface area (Å²) in [4.78, 5) is 12.7. The molecule has 1 atom stereocenters. The molecule has 6 heteroatoms. The fraction of sp³-hybridized carbons (Fsp3) is 0.269. The third-order valence-corrected chi connectivity index (χ3v) is 5.39. The van der Waals surface area contributed by atoms with E-state index in [-0.39, 0.29) is 11.7 Å². The molecule has 1 amide bonds. The molecule has 1 unspecified atom stereocenters. The minimum atomic E-state index is -0.414. The van der Waals surface area contributed by atoms with E-state index in [1.54, 1.807) is 12.1 Å². The molecule has 3 N–H and O–H groups in total. The molecule has 3 aromatic carbocycles. The molecule has 3 aromatic rings. The fourth-order valence-electron chi connectivity index (χ4n) is 3.04. The van der Waals surface area contributed by atoms with Gasteiger partial charge in [0.1, 0.15) is 5.82 Å². The van der Waals surface area contributed by atoms with E-state index in [1.165, 1.54) is 23.3 Å². The van der Waals surface area contributed by atoms with E-state index < -0.39 is 6.04 Å². The summed E-state index contributed by atoms with van der Waals surface area (Å²) >= 11 is 9.87. The summed E-state index contributed by atoms with van der Waals surface area (Å²) in [5, 5.41) is 3.67. The average Bonchev–Trinajstić information content (AvgIpc) is 2.80. The van der Waals surface area contributed by atoms with Crippen molar-refractivity contribution >= 4 is 30.1 Å². The Morgan fingerprint density at radius 2 is 1.62 bits per heavy atom. The summed E-state index contributed by atoms with van der Waals surface area (Å²) < 4.78 is 12.1. The van der Waals surface area contributed by atoms with Crippen LogP contribution in [0.5, 0.6) is 0 Å². The van der Waals surface area contributed by atoms with Crippen LogP contribution in [-0.2, 0) is 24.2 Å². The van der Waals surface area contributed by atoms with Gasteiger partial charge in [-0.1, -0.05) is 61.3 Å². The number of thiol groups is 1. The van der Waals surface area contributed by atoms with Crippen molar-refractivity contribution in [3.05, 3.63) is 100 Å². The van der Waals surface area contributed by atoms with Crippen LogP contribution < -0.4 is 11.1 Å². The van der Waals surface area contributed by atoms with Gasteiger partial charge in [-0.2, -0.15) is 0 Å². The van der Waals surface area contributed by atoms with E-state index in [0.29, 0.717) is 13.0 Å². The van der Waals surface area contributed by atoms with Gasteiger partial charge in [-0.05, 0) is 72.4 Å².